The number of ether oxygens (including phenoxy) is 3. The van der Waals surface area contributed by atoms with Crippen molar-refractivity contribution in [2.75, 3.05) is 26.9 Å². The molecule has 2 heterocycles. The first-order chi connectivity index (χ1) is 13.9. The van der Waals surface area contributed by atoms with E-state index in [9.17, 15) is 14.7 Å². The Hall–Kier alpha value is -2.54. The van der Waals surface area contributed by atoms with Gasteiger partial charge in [0.15, 0.2) is 23.0 Å². The summed E-state index contributed by atoms with van der Waals surface area (Å²) in [6.45, 7) is 6.85. The molecular formula is C22H29NO6. The predicted molar refractivity (Wildman–Crippen MR) is 107 cm³/mol. The molecule has 2 atom stereocenters. The van der Waals surface area contributed by atoms with Crippen molar-refractivity contribution in [1.29, 1.82) is 0 Å². The van der Waals surface area contributed by atoms with Gasteiger partial charge in [-0.15, -0.1) is 0 Å². The second-order valence-corrected chi connectivity index (χ2v) is 7.62. The van der Waals surface area contributed by atoms with E-state index in [1.165, 1.54) is 4.90 Å². The molecule has 2 unspecified atom stereocenters. The first-order valence-corrected chi connectivity index (χ1v) is 10.1. The second kappa shape index (κ2) is 8.86. The zero-order valence-corrected chi connectivity index (χ0v) is 17.4. The minimum absolute atomic E-state index is 0.104. The number of ketones is 1. The summed E-state index contributed by atoms with van der Waals surface area (Å²) in [6.07, 6.45) is 1.68. The van der Waals surface area contributed by atoms with Gasteiger partial charge < -0.3 is 24.2 Å². The molecule has 1 aromatic carbocycles. The Kier molecular flexibility index (Phi) is 6.47. The zero-order valence-electron chi connectivity index (χ0n) is 17.4. The van der Waals surface area contributed by atoms with Crippen molar-refractivity contribution in [1.82, 2.24) is 4.90 Å². The van der Waals surface area contributed by atoms with Crippen molar-refractivity contribution in [2.45, 2.75) is 45.8 Å². The highest BCUT2D eigenvalue weighted by Gasteiger charge is 2.45. The van der Waals surface area contributed by atoms with Crippen LogP contribution in [0.25, 0.3) is 0 Å². The summed E-state index contributed by atoms with van der Waals surface area (Å²) in [5.41, 5.74) is 0.818. The van der Waals surface area contributed by atoms with Gasteiger partial charge in [0.25, 0.3) is 5.91 Å². The predicted octanol–water partition coefficient (Wildman–Crippen LogP) is 3.19. The normalized spacial score (nSPS) is 22.0. The van der Waals surface area contributed by atoms with Gasteiger partial charge in [-0.1, -0.05) is 19.9 Å². The number of amides is 1. The second-order valence-electron chi connectivity index (χ2n) is 7.62. The van der Waals surface area contributed by atoms with Gasteiger partial charge in [0, 0.05) is 19.1 Å². The Bertz CT molecular complexity index is 810. The van der Waals surface area contributed by atoms with Crippen LogP contribution >= 0.6 is 0 Å². The number of Topliss-reactive ketones (excluding diaryl/α,β-unsaturated/α-hetero) is 1. The molecular weight excluding hydrogens is 374 g/mol. The summed E-state index contributed by atoms with van der Waals surface area (Å²) in [6, 6.07) is 4.64. The fourth-order valence-electron chi connectivity index (χ4n) is 3.89. The number of carbonyl (C=O) groups excluding carboxylic acids is 2. The molecule has 3 rings (SSSR count). The molecule has 0 aromatic heterocycles. The molecule has 158 valence electrons. The minimum Gasteiger partial charge on any atom is -0.503 e. The molecule has 1 aromatic rings. The molecule has 0 radical (unpaired) electrons. The van der Waals surface area contributed by atoms with Crippen LogP contribution in [-0.4, -0.2) is 54.7 Å². The summed E-state index contributed by atoms with van der Waals surface area (Å²) >= 11 is 0. The van der Waals surface area contributed by atoms with E-state index in [2.05, 4.69) is 0 Å². The van der Waals surface area contributed by atoms with Crippen molar-refractivity contribution in [2.24, 2.45) is 5.92 Å². The van der Waals surface area contributed by atoms with E-state index in [0.29, 0.717) is 36.8 Å². The quantitative estimate of drug-likeness (QED) is 0.718. The van der Waals surface area contributed by atoms with E-state index in [0.717, 1.165) is 12.8 Å². The van der Waals surface area contributed by atoms with Crippen LogP contribution in [0.3, 0.4) is 0 Å². The molecule has 1 N–H and O–H groups in total. The largest absolute Gasteiger partial charge is 0.503 e. The third-order valence-electron chi connectivity index (χ3n) is 5.32. The van der Waals surface area contributed by atoms with Gasteiger partial charge in [0.2, 0.25) is 0 Å². The van der Waals surface area contributed by atoms with Crippen LogP contribution in [0.1, 0.15) is 45.2 Å². The number of nitrogens with zero attached hydrogens (tertiary/aromatic N) is 1. The topological polar surface area (TPSA) is 85.3 Å². The maximum atomic E-state index is 12.9. The Labute approximate surface area is 171 Å². The lowest BCUT2D eigenvalue weighted by Crippen LogP contribution is -2.37. The first-order valence-electron chi connectivity index (χ1n) is 10.1. The van der Waals surface area contributed by atoms with Crippen LogP contribution < -0.4 is 9.47 Å². The van der Waals surface area contributed by atoms with Crippen LogP contribution in [0.5, 0.6) is 11.5 Å². The number of hydrogen-bond donors (Lipinski definition) is 1. The third kappa shape index (κ3) is 4.10. The molecule has 2 aliphatic heterocycles. The van der Waals surface area contributed by atoms with Crippen LogP contribution in [0.15, 0.2) is 29.5 Å². The summed E-state index contributed by atoms with van der Waals surface area (Å²) in [5.74, 6) is -0.518. The van der Waals surface area contributed by atoms with E-state index in [1.54, 1.807) is 39.2 Å². The van der Waals surface area contributed by atoms with E-state index < -0.39 is 17.7 Å². The highest BCUT2D eigenvalue weighted by molar-refractivity contribution is 6.09. The van der Waals surface area contributed by atoms with Crippen LogP contribution in [0.2, 0.25) is 0 Å². The Morgan fingerprint density at radius 2 is 2.10 bits per heavy atom. The fourth-order valence-corrected chi connectivity index (χ4v) is 3.89. The Morgan fingerprint density at radius 3 is 2.69 bits per heavy atom. The molecule has 7 nitrogen and oxygen atoms in total. The lowest BCUT2D eigenvalue weighted by atomic mass is 9.91. The smallest absolute Gasteiger partial charge is 0.290 e. The third-order valence-corrected chi connectivity index (χ3v) is 5.32. The number of hydrogen-bond acceptors (Lipinski definition) is 6. The first kappa shape index (κ1) is 21.2. The number of methoxy groups -OCH3 is 1. The van der Waals surface area contributed by atoms with Gasteiger partial charge >= 0.3 is 0 Å². The van der Waals surface area contributed by atoms with Crippen molar-refractivity contribution in [3.8, 4) is 11.5 Å². The lowest BCUT2D eigenvalue weighted by molar-refractivity contribution is -0.131. The van der Waals surface area contributed by atoms with Gasteiger partial charge in [-0.25, -0.2) is 0 Å². The van der Waals surface area contributed by atoms with E-state index >= 15 is 0 Å². The average Bonchev–Trinajstić information content (AvgIpc) is 3.30. The summed E-state index contributed by atoms with van der Waals surface area (Å²) in [7, 11) is 1.54. The van der Waals surface area contributed by atoms with Crippen molar-refractivity contribution < 1.29 is 28.9 Å². The van der Waals surface area contributed by atoms with Crippen molar-refractivity contribution in [3.63, 3.8) is 0 Å². The molecule has 0 spiro atoms. The molecule has 1 amide bonds. The van der Waals surface area contributed by atoms with Crippen LogP contribution in [0.4, 0.5) is 0 Å². The van der Waals surface area contributed by atoms with E-state index in [4.69, 9.17) is 14.2 Å². The highest BCUT2D eigenvalue weighted by Crippen LogP contribution is 2.42. The van der Waals surface area contributed by atoms with Gasteiger partial charge in [0.1, 0.15) is 0 Å². The number of aliphatic hydroxyl groups is 1. The fraction of sp³-hybridized carbons (Fsp3) is 0.545. The molecule has 2 aliphatic rings. The monoisotopic (exact) mass is 403 g/mol. The van der Waals surface area contributed by atoms with Gasteiger partial charge in [-0.05, 0) is 37.5 Å². The van der Waals surface area contributed by atoms with Crippen molar-refractivity contribution >= 4 is 11.7 Å². The number of aliphatic hydroxyl groups excluding tert-OH is 1. The van der Waals surface area contributed by atoms with Gasteiger partial charge in [-0.3, -0.25) is 9.59 Å². The van der Waals surface area contributed by atoms with E-state index in [-0.39, 0.29) is 23.4 Å². The molecule has 0 saturated carbocycles. The minimum atomic E-state index is -0.689. The molecule has 29 heavy (non-hydrogen) atoms. The summed E-state index contributed by atoms with van der Waals surface area (Å²) in [4.78, 5) is 27.3. The maximum Gasteiger partial charge on any atom is 0.290 e. The van der Waals surface area contributed by atoms with E-state index in [1.807, 2.05) is 6.92 Å². The molecule has 1 saturated heterocycles. The number of carbonyl (C=O) groups is 2. The van der Waals surface area contributed by atoms with Gasteiger partial charge in [-0.2, -0.15) is 0 Å². The lowest BCUT2D eigenvalue weighted by Gasteiger charge is -2.29. The maximum absolute atomic E-state index is 12.9. The SMILES string of the molecule is CCOc1ccc(C2C(C(=O)C(C)C)=C(O)C(=O)N2CC2CCCO2)cc1OC. The molecule has 1 fully saturated rings. The summed E-state index contributed by atoms with van der Waals surface area (Å²) in [5, 5.41) is 10.6. The molecule has 7 heteroatoms. The van der Waals surface area contributed by atoms with Crippen LogP contribution in [0, 0.1) is 5.92 Å². The Morgan fingerprint density at radius 1 is 1.34 bits per heavy atom. The van der Waals surface area contributed by atoms with Crippen LogP contribution in [-0.2, 0) is 14.3 Å². The molecule has 0 bridgehead atoms. The number of rotatable bonds is 8. The average molecular weight is 403 g/mol. The number of benzene rings is 1. The standard InChI is InChI=1S/C22H29NO6/c1-5-28-16-9-8-14(11-17(16)27-4)19-18(20(24)13(2)3)21(25)22(26)23(19)12-15-7-6-10-29-15/h8-9,11,13,15,19,25H,5-7,10,12H2,1-4H3. The summed E-state index contributed by atoms with van der Waals surface area (Å²) < 4.78 is 16.7. The van der Waals surface area contributed by atoms with Gasteiger partial charge in [0.05, 0.1) is 31.4 Å². The Balaban J connectivity index is 2.05. The van der Waals surface area contributed by atoms with Crippen molar-refractivity contribution in [3.05, 3.63) is 35.1 Å². The highest BCUT2D eigenvalue weighted by atomic mass is 16.5. The molecule has 0 aliphatic carbocycles. The zero-order chi connectivity index (χ0) is 21.1.